The number of nitrogens with zero attached hydrogens (tertiary/aromatic N) is 1. The zero-order valence-electron chi connectivity index (χ0n) is 15.1. The van der Waals surface area contributed by atoms with E-state index in [-0.39, 0.29) is 5.91 Å². The Balaban J connectivity index is 1.89. The van der Waals surface area contributed by atoms with E-state index in [9.17, 15) is 4.79 Å². The highest BCUT2D eigenvalue weighted by molar-refractivity contribution is 8.27. The number of hydrogen-bond acceptors (Lipinski definition) is 4. The summed E-state index contributed by atoms with van der Waals surface area (Å²) in [4.78, 5) is 15.1. The average molecular weight is 384 g/mol. The molecule has 0 aromatic heterocycles. The third-order valence-electron chi connectivity index (χ3n) is 4.10. The van der Waals surface area contributed by atoms with Gasteiger partial charge >= 0.3 is 0 Å². The summed E-state index contributed by atoms with van der Waals surface area (Å²) in [6, 6.07) is 15.8. The lowest BCUT2D eigenvalue weighted by Gasteiger charge is -2.18. The first-order valence-corrected chi connectivity index (χ1v) is 9.83. The van der Waals surface area contributed by atoms with E-state index in [1.165, 1.54) is 17.3 Å². The molecular weight excluding hydrogens is 362 g/mol. The van der Waals surface area contributed by atoms with Crippen molar-refractivity contribution in [2.75, 3.05) is 11.5 Å². The summed E-state index contributed by atoms with van der Waals surface area (Å²) in [5, 5.41) is 0. The van der Waals surface area contributed by atoms with E-state index in [0.29, 0.717) is 33.2 Å². The SMILES string of the molecule is CCOc1ccccc1N1C(=O)/C(=C/c2ccc(C(C)C)cc2)SC1=S. The van der Waals surface area contributed by atoms with Gasteiger partial charge in [0.05, 0.1) is 17.2 Å². The third-order valence-corrected chi connectivity index (χ3v) is 5.40. The number of thiocarbonyl (C=S) groups is 1. The first kappa shape index (κ1) is 18.7. The normalized spacial score (nSPS) is 16.0. The Morgan fingerprint density at radius 2 is 1.85 bits per heavy atom. The lowest BCUT2D eigenvalue weighted by atomic mass is 10.0. The molecule has 0 saturated carbocycles. The van der Waals surface area contributed by atoms with Crippen LogP contribution in [0.25, 0.3) is 6.08 Å². The molecule has 0 spiro atoms. The zero-order chi connectivity index (χ0) is 18.7. The predicted octanol–water partition coefficient (Wildman–Crippen LogP) is 5.61. The van der Waals surface area contributed by atoms with Gasteiger partial charge < -0.3 is 4.74 Å². The van der Waals surface area contributed by atoms with Crippen LogP contribution in [0.3, 0.4) is 0 Å². The fraction of sp³-hybridized carbons (Fsp3) is 0.238. The van der Waals surface area contributed by atoms with Gasteiger partial charge in [-0.05, 0) is 42.2 Å². The standard InChI is InChI=1S/C21H21NO2S2/c1-4-24-18-8-6-5-7-17(18)22-20(23)19(26-21(22)25)13-15-9-11-16(12-10-15)14(2)3/h5-14H,4H2,1-3H3/b19-13-. The minimum atomic E-state index is -0.111. The number of carbonyl (C=O) groups is 1. The molecule has 26 heavy (non-hydrogen) atoms. The fourth-order valence-electron chi connectivity index (χ4n) is 2.72. The molecule has 134 valence electrons. The van der Waals surface area contributed by atoms with E-state index in [1.54, 1.807) is 4.90 Å². The molecule has 0 aliphatic carbocycles. The smallest absolute Gasteiger partial charge is 0.270 e. The molecule has 2 aromatic rings. The van der Waals surface area contributed by atoms with Crippen LogP contribution in [0.1, 0.15) is 37.8 Å². The van der Waals surface area contributed by atoms with Crippen molar-refractivity contribution >= 4 is 46.0 Å². The largest absolute Gasteiger partial charge is 0.492 e. The number of benzene rings is 2. The van der Waals surface area contributed by atoms with Crippen LogP contribution in [0.4, 0.5) is 5.69 Å². The second-order valence-corrected chi connectivity index (χ2v) is 7.91. The van der Waals surface area contributed by atoms with Crippen molar-refractivity contribution in [2.24, 2.45) is 0 Å². The lowest BCUT2D eigenvalue weighted by molar-refractivity contribution is -0.113. The maximum Gasteiger partial charge on any atom is 0.270 e. The van der Waals surface area contributed by atoms with E-state index in [1.807, 2.05) is 49.4 Å². The Morgan fingerprint density at radius 3 is 2.50 bits per heavy atom. The fourth-order valence-corrected chi connectivity index (χ4v) is 4.01. The molecule has 0 N–H and O–H groups in total. The van der Waals surface area contributed by atoms with Gasteiger partial charge in [-0.15, -0.1) is 0 Å². The van der Waals surface area contributed by atoms with Crippen LogP contribution in [0.2, 0.25) is 0 Å². The highest BCUT2D eigenvalue weighted by Gasteiger charge is 2.34. The molecule has 1 heterocycles. The maximum absolute atomic E-state index is 12.9. The number of hydrogen-bond donors (Lipinski definition) is 0. The predicted molar refractivity (Wildman–Crippen MR) is 114 cm³/mol. The number of anilines is 1. The van der Waals surface area contributed by atoms with Gasteiger partial charge in [0.15, 0.2) is 4.32 Å². The number of para-hydroxylation sites is 2. The quantitative estimate of drug-likeness (QED) is 0.495. The summed E-state index contributed by atoms with van der Waals surface area (Å²) in [7, 11) is 0. The van der Waals surface area contributed by atoms with Crippen LogP contribution >= 0.6 is 24.0 Å². The van der Waals surface area contributed by atoms with Gasteiger partial charge in [-0.25, -0.2) is 0 Å². The van der Waals surface area contributed by atoms with Gasteiger partial charge in [0.1, 0.15) is 5.75 Å². The molecule has 0 bridgehead atoms. The van der Waals surface area contributed by atoms with Gasteiger partial charge in [0.25, 0.3) is 5.91 Å². The Morgan fingerprint density at radius 1 is 1.15 bits per heavy atom. The highest BCUT2D eigenvalue weighted by atomic mass is 32.2. The molecule has 1 aliphatic rings. The summed E-state index contributed by atoms with van der Waals surface area (Å²) in [5.74, 6) is 1.03. The zero-order valence-corrected chi connectivity index (χ0v) is 16.7. The molecule has 0 radical (unpaired) electrons. The number of amides is 1. The van der Waals surface area contributed by atoms with Gasteiger partial charge in [-0.3, -0.25) is 9.69 Å². The van der Waals surface area contributed by atoms with Crippen LogP contribution in [-0.2, 0) is 4.79 Å². The molecular formula is C21H21NO2S2. The van der Waals surface area contributed by atoms with Crippen LogP contribution in [0.15, 0.2) is 53.4 Å². The van der Waals surface area contributed by atoms with Crippen LogP contribution in [-0.4, -0.2) is 16.8 Å². The van der Waals surface area contributed by atoms with Crippen molar-refractivity contribution in [1.29, 1.82) is 0 Å². The van der Waals surface area contributed by atoms with Crippen molar-refractivity contribution in [3.8, 4) is 5.75 Å². The Kier molecular flexibility index (Phi) is 5.79. The summed E-state index contributed by atoms with van der Waals surface area (Å²) in [5.41, 5.74) is 2.96. The molecule has 3 nitrogen and oxygen atoms in total. The summed E-state index contributed by atoms with van der Waals surface area (Å²) in [6.07, 6.45) is 1.90. The van der Waals surface area contributed by atoms with Crippen LogP contribution in [0, 0.1) is 0 Å². The van der Waals surface area contributed by atoms with Crippen LogP contribution < -0.4 is 9.64 Å². The second kappa shape index (κ2) is 8.06. The monoisotopic (exact) mass is 383 g/mol. The number of ether oxygens (including phenoxy) is 1. The number of carbonyl (C=O) groups excluding carboxylic acids is 1. The van der Waals surface area contributed by atoms with Gasteiger partial charge in [0, 0.05) is 0 Å². The molecule has 5 heteroatoms. The van der Waals surface area contributed by atoms with E-state index < -0.39 is 0 Å². The summed E-state index contributed by atoms with van der Waals surface area (Å²) >= 11 is 6.79. The number of rotatable bonds is 5. The van der Waals surface area contributed by atoms with Crippen molar-refractivity contribution in [2.45, 2.75) is 26.7 Å². The Bertz CT molecular complexity index is 857. The Labute approximate surface area is 164 Å². The minimum absolute atomic E-state index is 0.111. The Hall–Kier alpha value is -2.11. The first-order chi connectivity index (χ1) is 12.5. The van der Waals surface area contributed by atoms with Gasteiger partial charge in [-0.1, -0.05) is 74.2 Å². The second-order valence-electron chi connectivity index (χ2n) is 6.24. The van der Waals surface area contributed by atoms with Gasteiger partial charge in [-0.2, -0.15) is 0 Å². The average Bonchev–Trinajstić information content (AvgIpc) is 2.90. The topological polar surface area (TPSA) is 29.5 Å². The maximum atomic E-state index is 12.9. The number of thioether (sulfide) groups is 1. The molecule has 0 unspecified atom stereocenters. The van der Waals surface area contributed by atoms with Crippen LogP contribution in [0.5, 0.6) is 5.75 Å². The molecule has 1 aliphatic heterocycles. The van der Waals surface area contributed by atoms with Crippen molar-refractivity contribution in [3.05, 3.63) is 64.6 Å². The molecule has 1 amide bonds. The molecule has 0 atom stereocenters. The van der Waals surface area contributed by atoms with E-state index >= 15 is 0 Å². The van der Waals surface area contributed by atoms with Crippen molar-refractivity contribution in [1.82, 2.24) is 0 Å². The van der Waals surface area contributed by atoms with E-state index in [0.717, 1.165) is 5.56 Å². The van der Waals surface area contributed by atoms with E-state index in [4.69, 9.17) is 17.0 Å². The summed E-state index contributed by atoms with van der Waals surface area (Å²) < 4.78 is 6.17. The highest BCUT2D eigenvalue weighted by Crippen LogP contribution is 2.39. The molecule has 2 aromatic carbocycles. The summed E-state index contributed by atoms with van der Waals surface area (Å²) in [6.45, 7) is 6.78. The molecule has 3 rings (SSSR count). The van der Waals surface area contributed by atoms with Crippen molar-refractivity contribution < 1.29 is 9.53 Å². The van der Waals surface area contributed by atoms with Gasteiger partial charge in [0.2, 0.25) is 0 Å². The lowest BCUT2D eigenvalue weighted by Crippen LogP contribution is -2.28. The molecule has 1 saturated heterocycles. The van der Waals surface area contributed by atoms with E-state index in [2.05, 4.69) is 26.0 Å². The third kappa shape index (κ3) is 3.84. The van der Waals surface area contributed by atoms with Crippen molar-refractivity contribution in [3.63, 3.8) is 0 Å². The molecule has 1 fully saturated rings. The first-order valence-electron chi connectivity index (χ1n) is 8.61. The minimum Gasteiger partial charge on any atom is -0.492 e.